The summed E-state index contributed by atoms with van der Waals surface area (Å²) < 4.78 is 10.4. The van der Waals surface area contributed by atoms with Crippen LogP contribution < -0.4 is 20.1 Å². The van der Waals surface area contributed by atoms with Crippen molar-refractivity contribution in [2.75, 3.05) is 27.3 Å². The highest BCUT2D eigenvalue weighted by atomic mass is 16.5. The van der Waals surface area contributed by atoms with Gasteiger partial charge in [0.05, 0.1) is 14.2 Å². The molecule has 0 saturated heterocycles. The number of nitriles is 1. The lowest BCUT2D eigenvalue weighted by atomic mass is 10.1. The Kier molecular flexibility index (Phi) is 8.84. The molecule has 130 valence electrons. The maximum Gasteiger partial charge on any atom is 0.263 e. The van der Waals surface area contributed by atoms with Crippen LogP contribution in [0, 0.1) is 11.3 Å². The van der Waals surface area contributed by atoms with Gasteiger partial charge in [-0.15, -0.1) is 0 Å². The molecule has 1 rings (SSSR count). The van der Waals surface area contributed by atoms with E-state index in [0.29, 0.717) is 24.5 Å². The zero-order chi connectivity index (χ0) is 17.8. The third kappa shape index (κ3) is 6.21. The Bertz CT molecular complexity index is 606. The lowest BCUT2D eigenvalue weighted by Crippen LogP contribution is -2.27. The van der Waals surface area contributed by atoms with Gasteiger partial charge in [0.1, 0.15) is 11.6 Å². The number of rotatable bonds is 10. The third-order valence-electron chi connectivity index (χ3n) is 3.43. The number of carbonyl (C=O) groups excluding carboxylic acids is 1. The average Bonchev–Trinajstić information content (AvgIpc) is 2.61. The fourth-order valence-electron chi connectivity index (χ4n) is 2.05. The van der Waals surface area contributed by atoms with Gasteiger partial charge in [-0.25, -0.2) is 0 Å². The normalized spacial score (nSPS) is 10.7. The number of nitrogens with zero attached hydrogens (tertiary/aromatic N) is 1. The monoisotopic (exact) mass is 331 g/mol. The van der Waals surface area contributed by atoms with Crippen LogP contribution in [0.25, 0.3) is 0 Å². The van der Waals surface area contributed by atoms with Crippen molar-refractivity contribution in [1.29, 1.82) is 5.26 Å². The van der Waals surface area contributed by atoms with Crippen molar-refractivity contribution >= 4 is 5.91 Å². The number of hydrogen-bond acceptors (Lipinski definition) is 5. The number of methoxy groups -OCH3 is 2. The van der Waals surface area contributed by atoms with Gasteiger partial charge in [0.25, 0.3) is 5.91 Å². The van der Waals surface area contributed by atoms with Crippen molar-refractivity contribution in [3.8, 4) is 17.6 Å². The largest absolute Gasteiger partial charge is 0.493 e. The second-order valence-corrected chi connectivity index (χ2v) is 5.17. The Morgan fingerprint density at radius 1 is 1.25 bits per heavy atom. The maximum atomic E-state index is 12.0. The fraction of sp³-hybridized carbons (Fsp3) is 0.444. The van der Waals surface area contributed by atoms with Gasteiger partial charge >= 0.3 is 0 Å². The molecule has 0 bridgehead atoms. The van der Waals surface area contributed by atoms with E-state index >= 15 is 0 Å². The minimum Gasteiger partial charge on any atom is -0.493 e. The number of nitrogens with one attached hydrogen (secondary N) is 2. The molecule has 1 aromatic rings. The molecule has 0 aliphatic carbocycles. The minimum absolute atomic E-state index is 0.0819. The van der Waals surface area contributed by atoms with Crippen molar-refractivity contribution in [3.63, 3.8) is 0 Å². The molecule has 2 N–H and O–H groups in total. The topological polar surface area (TPSA) is 83.4 Å². The fourth-order valence-corrected chi connectivity index (χ4v) is 2.05. The molecular formula is C18H25N3O3. The van der Waals surface area contributed by atoms with Gasteiger partial charge in [-0.1, -0.05) is 19.4 Å². The molecule has 0 radical (unpaired) electrons. The first-order valence-electron chi connectivity index (χ1n) is 7.99. The van der Waals surface area contributed by atoms with E-state index in [0.717, 1.165) is 24.9 Å². The van der Waals surface area contributed by atoms with Crippen LogP contribution in [0.3, 0.4) is 0 Å². The van der Waals surface area contributed by atoms with Crippen LogP contribution in [0.2, 0.25) is 0 Å². The molecule has 0 unspecified atom stereocenters. The summed E-state index contributed by atoms with van der Waals surface area (Å²) in [6, 6.07) is 7.53. The Balaban J connectivity index is 2.51. The van der Waals surface area contributed by atoms with E-state index in [1.54, 1.807) is 14.2 Å². The van der Waals surface area contributed by atoms with E-state index in [9.17, 15) is 4.79 Å². The van der Waals surface area contributed by atoms with E-state index in [4.69, 9.17) is 14.7 Å². The summed E-state index contributed by atoms with van der Waals surface area (Å²) in [5, 5.41) is 14.8. The van der Waals surface area contributed by atoms with Gasteiger partial charge in [0.15, 0.2) is 11.5 Å². The average molecular weight is 331 g/mol. The highest BCUT2D eigenvalue weighted by molar-refractivity contribution is 5.97. The molecule has 0 fully saturated rings. The summed E-state index contributed by atoms with van der Waals surface area (Å²) in [7, 11) is 3.17. The molecule has 6 nitrogen and oxygen atoms in total. The van der Waals surface area contributed by atoms with Crippen molar-refractivity contribution in [1.82, 2.24) is 10.6 Å². The lowest BCUT2D eigenvalue weighted by molar-refractivity contribution is -0.117. The molecular weight excluding hydrogens is 306 g/mol. The number of ether oxygens (including phenoxy) is 2. The number of carbonyl (C=O) groups is 1. The van der Waals surface area contributed by atoms with Crippen molar-refractivity contribution < 1.29 is 14.3 Å². The predicted molar refractivity (Wildman–Crippen MR) is 92.9 cm³/mol. The Morgan fingerprint density at radius 2 is 2.00 bits per heavy atom. The summed E-state index contributed by atoms with van der Waals surface area (Å²) >= 11 is 0. The van der Waals surface area contributed by atoms with Crippen LogP contribution in [0.4, 0.5) is 0 Å². The van der Waals surface area contributed by atoms with E-state index in [1.807, 2.05) is 24.3 Å². The molecule has 0 aliphatic rings. The van der Waals surface area contributed by atoms with Gasteiger partial charge in [-0.05, 0) is 30.5 Å². The summed E-state index contributed by atoms with van der Waals surface area (Å²) in [5.41, 5.74) is 1.09. The van der Waals surface area contributed by atoms with Gasteiger partial charge in [-0.2, -0.15) is 5.26 Å². The summed E-state index contributed by atoms with van der Waals surface area (Å²) in [4.78, 5) is 12.0. The smallest absolute Gasteiger partial charge is 0.263 e. The molecule has 1 amide bonds. The lowest BCUT2D eigenvalue weighted by Gasteiger charge is -2.10. The molecule has 0 saturated carbocycles. The Hall–Kier alpha value is -2.68. The standard InChI is InChI=1S/C18H25N3O3/c1-4-5-9-20-13-15(12-19)18(22)21-10-8-14-6-7-16(23-2)17(11-14)24-3/h6-7,11,13,20H,4-5,8-10H2,1-3H3,(H,21,22)/b15-13-. The van der Waals surface area contributed by atoms with E-state index in [-0.39, 0.29) is 11.5 Å². The summed E-state index contributed by atoms with van der Waals surface area (Å²) in [6.45, 7) is 3.26. The Labute approximate surface area is 143 Å². The Morgan fingerprint density at radius 3 is 2.62 bits per heavy atom. The van der Waals surface area contributed by atoms with Crippen LogP contribution in [-0.2, 0) is 11.2 Å². The summed E-state index contributed by atoms with van der Waals surface area (Å²) in [6.07, 6.45) is 4.16. The van der Waals surface area contributed by atoms with Crippen LogP contribution in [0.1, 0.15) is 25.3 Å². The number of hydrogen-bond donors (Lipinski definition) is 2. The van der Waals surface area contributed by atoms with Gasteiger partial charge in [0.2, 0.25) is 0 Å². The van der Waals surface area contributed by atoms with Crippen molar-refractivity contribution in [2.24, 2.45) is 0 Å². The molecule has 0 atom stereocenters. The molecule has 0 aromatic heterocycles. The van der Waals surface area contributed by atoms with Crippen LogP contribution >= 0.6 is 0 Å². The van der Waals surface area contributed by atoms with Crippen molar-refractivity contribution in [3.05, 3.63) is 35.5 Å². The first kappa shape index (κ1) is 19.4. The number of benzene rings is 1. The van der Waals surface area contributed by atoms with Crippen LogP contribution in [-0.4, -0.2) is 33.2 Å². The van der Waals surface area contributed by atoms with E-state index in [2.05, 4.69) is 17.6 Å². The SMILES string of the molecule is CCCCN/C=C(/C#N)C(=O)NCCc1ccc(OC)c(OC)c1. The van der Waals surface area contributed by atoms with Gasteiger partial charge in [0, 0.05) is 19.3 Å². The zero-order valence-electron chi connectivity index (χ0n) is 14.5. The van der Waals surface area contributed by atoms with Crippen LogP contribution in [0.5, 0.6) is 11.5 Å². The second kappa shape index (κ2) is 10.9. The zero-order valence-corrected chi connectivity index (χ0v) is 14.5. The van der Waals surface area contributed by atoms with Crippen molar-refractivity contribution in [2.45, 2.75) is 26.2 Å². The molecule has 0 heterocycles. The number of amides is 1. The third-order valence-corrected chi connectivity index (χ3v) is 3.43. The predicted octanol–water partition coefficient (Wildman–Crippen LogP) is 2.16. The first-order valence-corrected chi connectivity index (χ1v) is 7.99. The van der Waals surface area contributed by atoms with E-state index in [1.165, 1.54) is 6.20 Å². The molecule has 0 spiro atoms. The molecule has 24 heavy (non-hydrogen) atoms. The minimum atomic E-state index is -0.373. The highest BCUT2D eigenvalue weighted by Crippen LogP contribution is 2.27. The van der Waals surface area contributed by atoms with Gasteiger partial charge in [-0.3, -0.25) is 4.79 Å². The summed E-state index contributed by atoms with van der Waals surface area (Å²) in [5.74, 6) is 0.944. The molecule has 1 aromatic carbocycles. The second-order valence-electron chi connectivity index (χ2n) is 5.17. The molecule has 0 aliphatic heterocycles. The first-order chi connectivity index (χ1) is 11.7. The van der Waals surface area contributed by atoms with Gasteiger partial charge < -0.3 is 20.1 Å². The number of unbranched alkanes of at least 4 members (excludes halogenated alkanes) is 1. The van der Waals surface area contributed by atoms with Crippen LogP contribution in [0.15, 0.2) is 30.0 Å². The molecule has 6 heteroatoms. The quantitative estimate of drug-likeness (QED) is 0.390. The highest BCUT2D eigenvalue weighted by Gasteiger charge is 2.09. The maximum absolute atomic E-state index is 12.0. The van der Waals surface area contributed by atoms with E-state index < -0.39 is 0 Å².